The maximum Gasteiger partial charge on any atom is 0.231 e. The molecule has 4 nitrogen and oxygen atoms in total. The van der Waals surface area contributed by atoms with Crippen molar-refractivity contribution < 1.29 is 14.3 Å². The zero-order valence-corrected chi connectivity index (χ0v) is 12.6. The van der Waals surface area contributed by atoms with Crippen molar-refractivity contribution in [2.45, 2.75) is 0 Å². The second kappa shape index (κ2) is 6.01. The number of ether oxygens (including phenoxy) is 2. The topological polar surface area (TPSA) is 47.6 Å². The van der Waals surface area contributed by atoms with Crippen LogP contribution in [0.2, 0.25) is 0 Å². The zero-order valence-electron chi connectivity index (χ0n) is 11.0. The average Bonchev–Trinajstić information content (AvgIpc) is 2.95. The fourth-order valence-electron chi connectivity index (χ4n) is 1.91. The minimum Gasteiger partial charge on any atom is -0.454 e. The molecule has 0 saturated heterocycles. The van der Waals surface area contributed by atoms with Gasteiger partial charge >= 0.3 is 0 Å². The van der Waals surface area contributed by atoms with Gasteiger partial charge in [0.15, 0.2) is 17.3 Å². The number of carbonyl (C=O) groups excluding carboxylic acids is 1. The highest BCUT2D eigenvalue weighted by molar-refractivity contribution is 9.10. The Morgan fingerprint density at radius 3 is 2.67 bits per heavy atom. The van der Waals surface area contributed by atoms with E-state index in [0.29, 0.717) is 11.3 Å². The first kappa shape index (κ1) is 13.7. The molecule has 106 valence electrons. The zero-order chi connectivity index (χ0) is 14.7. The summed E-state index contributed by atoms with van der Waals surface area (Å²) in [5.74, 6) is 1.37. The van der Waals surface area contributed by atoms with Crippen LogP contribution in [-0.2, 0) is 0 Å². The lowest BCUT2D eigenvalue weighted by Gasteiger charge is -2.02. The van der Waals surface area contributed by atoms with Gasteiger partial charge in [-0.15, -0.1) is 0 Å². The van der Waals surface area contributed by atoms with E-state index in [2.05, 4.69) is 21.2 Å². The molecule has 0 unspecified atom stereocenters. The summed E-state index contributed by atoms with van der Waals surface area (Å²) < 4.78 is 11.5. The van der Waals surface area contributed by atoms with Crippen molar-refractivity contribution in [2.75, 3.05) is 12.1 Å². The van der Waals surface area contributed by atoms with Crippen LogP contribution in [0.1, 0.15) is 10.4 Å². The van der Waals surface area contributed by atoms with Crippen LogP contribution in [-0.4, -0.2) is 12.6 Å². The van der Waals surface area contributed by atoms with Crippen molar-refractivity contribution in [1.82, 2.24) is 0 Å². The Morgan fingerprint density at radius 1 is 1.10 bits per heavy atom. The summed E-state index contributed by atoms with van der Waals surface area (Å²) in [5, 5.41) is 3.04. The Hall–Kier alpha value is -2.27. The summed E-state index contributed by atoms with van der Waals surface area (Å²) in [4.78, 5) is 11.9. The fraction of sp³-hybridized carbons (Fsp3) is 0.0625. The number of rotatable bonds is 4. The van der Waals surface area contributed by atoms with Crippen LogP contribution in [0.15, 0.2) is 59.2 Å². The molecule has 0 spiro atoms. The summed E-state index contributed by atoms with van der Waals surface area (Å²) in [6, 6.07) is 12.8. The smallest absolute Gasteiger partial charge is 0.231 e. The summed E-state index contributed by atoms with van der Waals surface area (Å²) in [6.45, 7) is 0.247. The quantitative estimate of drug-likeness (QED) is 0.672. The third kappa shape index (κ3) is 3.25. The van der Waals surface area contributed by atoms with E-state index >= 15 is 0 Å². The monoisotopic (exact) mass is 345 g/mol. The minimum absolute atomic E-state index is 0.0595. The molecule has 5 heteroatoms. The summed E-state index contributed by atoms with van der Waals surface area (Å²) in [7, 11) is 0. The molecule has 0 aliphatic carbocycles. The molecule has 0 amide bonds. The molecule has 1 aliphatic heterocycles. The van der Waals surface area contributed by atoms with E-state index in [1.54, 1.807) is 18.3 Å². The largest absolute Gasteiger partial charge is 0.454 e. The average molecular weight is 346 g/mol. The number of ketones is 1. The summed E-state index contributed by atoms with van der Waals surface area (Å²) in [6.07, 6.45) is 3.11. The molecule has 1 N–H and O–H groups in total. The third-order valence-electron chi connectivity index (χ3n) is 2.99. The van der Waals surface area contributed by atoms with Gasteiger partial charge in [-0.05, 0) is 36.4 Å². The van der Waals surface area contributed by atoms with Crippen molar-refractivity contribution >= 4 is 27.4 Å². The molecule has 3 rings (SSSR count). The second-order valence-electron chi connectivity index (χ2n) is 4.42. The molecule has 2 aromatic carbocycles. The lowest BCUT2D eigenvalue weighted by atomic mass is 10.1. The fourth-order valence-corrected chi connectivity index (χ4v) is 2.17. The first-order chi connectivity index (χ1) is 10.2. The van der Waals surface area contributed by atoms with Gasteiger partial charge in [-0.1, -0.05) is 15.9 Å². The maximum atomic E-state index is 11.9. The number of hydrogen-bond donors (Lipinski definition) is 1. The van der Waals surface area contributed by atoms with Gasteiger partial charge in [0.1, 0.15) is 0 Å². The molecular formula is C16H12BrNO3. The Kier molecular flexibility index (Phi) is 3.92. The number of benzene rings is 2. The predicted molar refractivity (Wildman–Crippen MR) is 83.8 cm³/mol. The van der Waals surface area contributed by atoms with Gasteiger partial charge in [0.25, 0.3) is 0 Å². The number of fused-ring (bicyclic) bond motifs is 1. The van der Waals surface area contributed by atoms with Crippen LogP contribution in [0.25, 0.3) is 0 Å². The highest BCUT2D eigenvalue weighted by Gasteiger charge is 2.12. The van der Waals surface area contributed by atoms with Gasteiger partial charge in [0, 0.05) is 34.1 Å². The lowest BCUT2D eigenvalue weighted by molar-refractivity contribution is 0.104. The summed E-state index contributed by atoms with van der Waals surface area (Å²) >= 11 is 3.34. The predicted octanol–water partition coefficient (Wildman–Crippen LogP) is 3.99. The molecule has 21 heavy (non-hydrogen) atoms. The van der Waals surface area contributed by atoms with E-state index in [9.17, 15) is 4.79 Å². The van der Waals surface area contributed by atoms with Gasteiger partial charge < -0.3 is 14.8 Å². The van der Waals surface area contributed by atoms with E-state index in [1.165, 1.54) is 6.08 Å². The van der Waals surface area contributed by atoms with Gasteiger partial charge in [-0.25, -0.2) is 0 Å². The highest BCUT2D eigenvalue weighted by atomic mass is 79.9. The normalized spacial score (nSPS) is 12.6. The highest BCUT2D eigenvalue weighted by Crippen LogP contribution is 2.34. The van der Waals surface area contributed by atoms with E-state index in [-0.39, 0.29) is 12.6 Å². The van der Waals surface area contributed by atoms with Crippen LogP contribution >= 0.6 is 15.9 Å². The van der Waals surface area contributed by atoms with Crippen LogP contribution in [0.3, 0.4) is 0 Å². The van der Waals surface area contributed by atoms with Crippen molar-refractivity contribution in [3.05, 3.63) is 64.8 Å². The SMILES string of the molecule is O=C(/C=C/Nc1ccc2c(c1)OCO2)c1ccc(Br)cc1. The lowest BCUT2D eigenvalue weighted by Crippen LogP contribution is -1.96. The first-order valence-corrected chi connectivity index (χ1v) is 7.14. The van der Waals surface area contributed by atoms with Crippen molar-refractivity contribution in [3.63, 3.8) is 0 Å². The van der Waals surface area contributed by atoms with Crippen molar-refractivity contribution in [2.24, 2.45) is 0 Å². The third-order valence-corrected chi connectivity index (χ3v) is 3.51. The molecule has 0 radical (unpaired) electrons. The number of anilines is 1. The van der Waals surface area contributed by atoms with Crippen molar-refractivity contribution in [3.8, 4) is 11.5 Å². The summed E-state index contributed by atoms with van der Waals surface area (Å²) in [5.41, 5.74) is 1.47. The number of carbonyl (C=O) groups is 1. The molecule has 1 heterocycles. The number of halogens is 1. The first-order valence-electron chi connectivity index (χ1n) is 6.35. The molecule has 0 aromatic heterocycles. The standard InChI is InChI=1S/C16H12BrNO3/c17-12-3-1-11(2-4-12)14(19)7-8-18-13-5-6-15-16(9-13)21-10-20-15/h1-9,18H,10H2/b8-7+. The van der Waals surface area contributed by atoms with Crippen LogP contribution in [0, 0.1) is 0 Å². The number of hydrogen-bond acceptors (Lipinski definition) is 4. The molecule has 0 bridgehead atoms. The van der Waals surface area contributed by atoms with Crippen LogP contribution in [0.5, 0.6) is 11.5 Å². The number of allylic oxidation sites excluding steroid dienone is 1. The van der Waals surface area contributed by atoms with E-state index in [1.807, 2.05) is 30.3 Å². The van der Waals surface area contributed by atoms with Gasteiger partial charge in [-0.3, -0.25) is 4.79 Å². The molecule has 0 atom stereocenters. The molecule has 1 aliphatic rings. The minimum atomic E-state index is -0.0595. The van der Waals surface area contributed by atoms with Crippen LogP contribution in [0.4, 0.5) is 5.69 Å². The van der Waals surface area contributed by atoms with Gasteiger partial charge in [0.05, 0.1) is 0 Å². The Balaban J connectivity index is 1.64. The molecular weight excluding hydrogens is 334 g/mol. The van der Waals surface area contributed by atoms with Crippen molar-refractivity contribution in [1.29, 1.82) is 0 Å². The van der Waals surface area contributed by atoms with E-state index in [0.717, 1.165) is 15.9 Å². The maximum absolute atomic E-state index is 11.9. The molecule has 0 fully saturated rings. The Labute approximate surface area is 130 Å². The van der Waals surface area contributed by atoms with Crippen LogP contribution < -0.4 is 14.8 Å². The van der Waals surface area contributed by atoms with E-state index in [4.69, 9.17) is 9.47 Å². The Morgan fingerprint density at radius 2 is 1.86 bits per heavy atom. The van der Waals surface area contributed by atoms with Gasteiger partial charge in [0.2, 0.25) is 6.79 Å². The van der Waals surface area contributed by atoms with Gasteiger partial charge in [-0.2, -0.15) is 0 Å². The van der Waals surface area contributed by atoms with E-state index < -0.39 is 0 Å². The Bertz CT molecular complexity index is 695. The second-order valence-corrected chi connectivity index (χ2v) is 5.33. The molecule has 2 aromatic rings. The molecule has 0 saturated carbocycles. The number of nitrogens with one attached hydrogen (secondary N) is 1.